The number of amides is 1. The molecule has 2 bridgehead atoms. The summed E-state index contributed by atoms with van der Waals surface area (Å²) in [5.74, 6) is -0.925. The standard InChI is InChI=1S/C17H15FN2O2/c1-8-2-3-9(11(18)6-8)10-7-12(17(19)21)20-16-14-5-4-13(22-14)15(10)16/h2-3,6-7,13-14H,4-5H2,1H3,(H2,19,21)/t13-,14+/m0/s1. The number of aryl methyl sites for hydroxylation is 1. The molecule has 2 atom stereocenters. The molecule has 3 heterocycles. The van der Waals surface area contributed by atoms with Crippen LogP contribution in [0.1, 0.15) is 52.4 Å². The van der Waals surface area contributed by atoms with E-state index in [0.29, 0.717) is 11.1 Å². The number of halogens is 1. The van der Waals surface area contributed by atoms with E-state index >= 15 is 0 Å². The van der Waals surface area contributed by atoms with Crippen molar-refractivity contribution in [3.05, 3.63) is 52.6 Å². The lowest BCUT2D eigenvalue weighted by molar-refractivity contribution is 0.0704. The van der Waals surface area contributed by atoms with Crippen molar-refractivity contribution in [2.45, 2.75) is 32.0 Å². The Balaban J connectivity index is 1.99. The Hall–Kier alpha value is -2.27. The van der Waals surface area contributed by atoms with Crippen LogP contribution in [0.25, 0.3) is 11.1 Å². The van der Waals surface area contributed by atoms with E-state index in [1.54, 1.807) is 12.1 Å². The van der Waals surface area contributed by atoms with E-state index in [2.05, 4.69) is 4.98 Å². The molecule has 2 N–H and O–H groups in total. The van der Waals surface area contributed by atoms with Gasteiger partial charge in [-0.2, -0.15) is 0 Å². The van der Waals surface area contributed by atoms with E-state index in [4.69, 9.17) is 10.5 Å². The minimum Gasteiger partial charge on any atom is -0.364 e. The van der Waals surface area contributed by atoms with Gasteiger partial charge in [-0.05, 0) is 43.0 Å². The average Bonchev–Trinajstić information content (AvgIpc) is 3.08. The van der Waals surface area contributed by atoms with Crippen LogP contribution in [-0.2, 0) is 4.74 Å². The number of aromatic nitrogens is 1. The Morgan fingerprint density at radius 3 is 2.77 bits per heavy atom. The van der Waals surface area contributed by atoms with Crippen LogP contribution in [-0.4, -0.2) is 10.9 Å². The highest BCUT2D eigenvalue weighted by atomic mass is 19.1. The third-order valence-corrected chi connectivity index (χ3v) is 4.40. The SMILES string of the molecule is Cc1ccc(-c2cc(C(N)=O)nc3c2[C@@H]2CC[C@H]3O2)c(F)c1. The van der Waals surface area contributed by atoms with E-state index in [1.807, 2.05) is 13.0 Å². The van der Waals surface area contributed by atoms with Gasteiger partial charge in [-0.1, -0.05) is 12.1 Å². The number of rotatable bonds is 2. The summed E-state index contributed by atoms with van der Waals surface area (Å²) in [6, 6.07) is 6.65. The summed E-state index contributed by atoms with van der Waals surface area (Å²) in [5, 5.41) is 0. The number of nitrogens with two attached hydrogens (primary N) is 1. The summed E-state index contributed by atoms with van der Waals surface area (Å²) in [7, 11) is 0. The number of fused-ring (bicyclic) bond motifs is 5. The van der Waals surface area contributed by atoms with Gasteiger partial charge < -0.3 is 10.5 Å². The van der Waals surface area contributed by atoms with Crippen molar-refractivity contribution in [2.24, 2.45) is 5.73 Å². The predicted molar refractivity (Wildman–Crippen MR) is 78.7 cm³/mol. The van der Waals surface area contributed by atoms with Gasteiger partial charge in [0.1, 0.15) is 17.6 Å². The normalized spacial score (nSPS) is 21.9. The van der Waals surface area contributed by atoms with Crippen LogP contribution in [0.2, 0.25) is 0 Å². The van der Waals surface area contributed by atoms with E-state index in [1.165, 1.54) is 6.07 Å². The van der Waals surface area contributed by atoms with Crippen molar-refractivity contribution in [3.8, 4) is 11.1 Å². The highest BCUT2D eigenvalue weighted by Gasteiger charge is 2.42. The zero-order valence-electron chi connectivity index (χ0n) is 12.1. The molecule has 0 aliphatic carbocycles. The van der Waals surface area contributed by atoms with E-state index in [9.17, 15) is 9.18 Å². The molecule has 1 fully saturated rings. The zero-order valence-corrected chi connectivity index (χ0v) is 12.1. The molecule has 0 unspecified atom stereocenters. The highest BCUT2D eigenvalue weighted by Crippen LogP contribution is 2.53. The third-order valence-electron chi connectivity index (χ3n) is 4.40. The first-order chi connectivity index (χ1) is 10.5. The van der Waals surface area contributed by atoms with Crippen molar-refractivity contribution in [1.82, 2.24) is 4.98 Å². The average molecular weight is 298 g/mol. The Morgan fingerprint density at radius 2 is 2.05 bits per heavy atom. The van der Waals surface area contributed by atoms with Gasteiger partial charge in [0.25, 0.3) is 5.91 Å². The van der Waals surface area contributed by atoms with E-state index in [0.717, 1.165) is 29.7 Å². The first-order valence-corrected chi connectivity index (χ1v) is 7.31. The monoisotopic (exact) mass is 298 g/mol. The number of hydrogen-bond donors (Lipinski definition) is 1. The Kier molecular flexibility index (Phi) is 2.81. The maximum atomic E-state index is 14.4. The molecule has 4 rings (SSSR count). The smallest absolute Gasteiger partial charge is 0.267 e. The number of nitrogens with zero attached hydrogens (tertiary/aromatic N) is 1. The summed E-state index contributed by atoms with van der Waals surface area (Å²) < 4.78 is 20.3. The Morgan fingerprint density at radius 1 is 1.27 bits per heavy atom. The minimum atomic E-state index is -0.612. The predicted octanol–water partition coefficient (Wildman–Crippen LogP) is 3.20. The lowest BCUT2D eigenvalue weighted by atomic mass is 9.88. The first-order valence-electron chi connectivity index (χ1n) is 7.31. The van der Waals surface area contributed by atoms with Crippen LogP contribution in [0.4, 0.5) is 4.39 Å². The number of benzene rings is 1. The molecule has 0 saturated carbocycles. The second-order valence-corrected chi connectivity index (χ2v) is 5.89. The van der Waals surface area contributed by atoms with Gasteiger partial charge in [-0.3, -0.25) is 4.79 Å². The second-order valence-electron chi connectivity index (χ2n) is 5.89. The lowest BCUT2D eigenvalue weighted by Gasteiger charge is -2.17. The van der Waals surface area contributed by atoms with Gasteiger partial charge in [0.05, 0.1) is 11.8 Å². The van der Waals surface area contributed by atoms with Crippen molar-refractivity contribution in [3.63, 3.8) is 0 Å². The molecule has 22 heavy (non-hydrogen) atoms. The zero-order chi connectivity index (χ0) is 15.4. The van der Waals surface area contributed by atoms with Crippen LogP contribution >= 0.6 is 0 Å². The summed E-state index contributed by atoms with van der Waals surface area (Å²) in [6.07, 6.45) is 1.61. The Bertz CT molecular complexity index is 803. The van der Waals surface area contributed by atoms with Gasteiger partial charge >= 0.3 is 0 Å². The molecule has 4 nitrogen and oxygen atoms in total. The highest BCUT2D eigenvalue weighted by molar-refractivity contribution is 5.93. The van der Waals surface area contributed by atoms with Gasteiger partial charge in [0.2, 0.25) is 0 Å². The van der Waals surface area contributed by atoms with Crippen LogP contribution in [0.3, 0.4) is 0 Å². The van der Waals surface area contributed by atoms with E-state index < -0.39 is 5.91 Å². The summed E-state index contributed by atoms with van der Waals surface area (Å²) in [5.41, 5.74) is 9.16. The number of primary amides is 1. The fraction of sp³-hybridized carbons (Fsp3) is 0.294. The van der Waals surface area contributed by atoms with Gasteiger partial charge in [0.15, 0.2) is 0 Å². The molecule has 1 aromatic heterocycles. The molecule has 0 spiro atoms. The summed E-state index contributed by atoms with van der Waals surface area (Å²) in [6.45, 7) is 1.84. The maximum Gasteiger partial charge on any atom is 0.267 e. The molecule has 2 aromatic rings. The van der Waals surface area contributed by atoms with Crippen molar-refractivity contribution < 1.29 is 13.9 Å². The van der Waals surface area contributed by atoms with E-state index in [-0.39, 0.29) is 23.7 Å². The fourth-order valence-corrected chi connectivity index (χ4v) is 3.40. The quantitative estimate of drug-likeness (QED) is 0.926. The van der Waals surface area contributed by atoms with Gasteiger partial charge in [0, 0.05) is 11.1 Å². The number of carbonyl (C=O) groups excluding carboxylic acids is 1. The fourth-order valence-electron chi connectivity index (χ4n) is 3.40. The number of carbonyl (C=O) groups is 1. The molecule has 1 amide bonds. The van der Waals surface area contributed by atoms with Crippen LogP contribution < -0.4 is 5.73 Å². The first kappa shape index (κ1) is 13.4. The second kappa shape index (κ2) is 4.61. The van der Waals surface area contributed by atoms with Crippen LogP contribution in [0.5, 0.6) is 0 Å². The largest absolute Gasteiger partial charge is 0.364 e. The molecular weight excluding hydrogens is 283 g/mol. The van der Waals surface area contributed by atoms with Crippen molar-refractivity contribution in [1.29, 1.82) is 0 Å². The topological polar surface area (TPSA) is 65.2 Å². The molecule has 1 aromatic carbocycles. The number of ether oxygens (including phenoxy) is 1. The van der Waals surface area contributed by atoms with Crippen LogP contribution in [0.15, 0.2) is 24.3 Å². The Labute approximate surface area is 127 Å². The maximum absolute atomic E-state index is 14.4. The third kappa shape index (κ3) is 1.85. The summed E-state index contributed by atoms with van der Waals surface area (Å²) >= 11 is 0. The molecule has 112 valence electrons. The molecule has 2 aliphatic rings. The van der Waals surface area contributed by atoms with Gasteiger partial charge in [-0.25, -0.2) is 9.37 Å². The number of hydrogen-bond acceptors (Lipinski definition) is 3. The van der Waals surface area contributed by atoms with Crippen LogP contribution in [0, 0.1) is 12.7 Å². The molecule has 2 aliphatic heterocycles. The lowest BCUT2D eigenvalue weighted by Crippen LogP contribution is -2.16. The molecule has 1 saturated heterocycles. The van der Waals surface area contributed by atoms with Gasteiger partial charge in [-0.15, -0.1) is 0 Å². The van der Waals surface area contributed by atoms with Crippen molar-refractivity contribution in [2.75, 3.05) is 0 Å². The minimum absolute atomic E-state index is 0.0647. The number of pyridine rings is 1. The summed E-state index contributed by atoms with van der Waals surface area (Å²) in [4.78, 5) is 15.9. The van der Waals surface area contributed by atoms with Crippen molar-refractivity contribution >= 4 is 5.91 Å². The molecular formula is C17H15FN2O2. The molecule has 0 radical (unpaired) electrons. The molecule has 5 heteroatoms.